The lowest BCUT2D eigenvalue weighted by Gasteiger charge is -2.15. The third-order valence-corrected chi connectivity index (χ3v) is 5.99. The van der Waals surface area contributed by atoms with Gasteiger partial charge < -0.3 is 29.6 Å². The van der Waals surface area contributed by atoms with Gasteiger partial charge >= 0.3 is 0 Å². The highest BCUT2D eigenvalue weighted by molar-refractivity contribution is 7.80. The molecule has 0 bridgehead atoms. The molecule has 2 N–H and O–H groups in total. The van der Waals surface area contributed by atoms with Crippen molar-refractivity contribution >= 4 is 51.2 Å². The zero-order valence-corrected chi connectivity index (χ0v) is 20.9. The number of methoxy groups -OCH3 is 3. The van der Waals surface area contributed by atoms with E-state index in [0.29, 0.717) is 40.0 Å². The lowest BCUT2D eigenvalue weighted by molar-refractivity contribution is -0.119. The fourth-order valence-electron chi connectivity index (χ4n) is 3.40. The van der Waals surface area contributed by atoms with Gasteiger partial charge in [0.2, 0.25) is 5.91 Å². The van der Waals surface area contributed by atoms with Crippen LogP contribution in [-0.2, 0) is 11.2 Å². The zero-order chi connectivity index (χ0) is 24.8. The van der Waals surface area contributed by atoms with Crippen LogP contribution in [0.15, 0.2) is 59.4 Å². The third-order valence-electron chi connectivity index (χ3n) is 5.05. The van der Waals surface area contributed by atoms with Gasteiger partial charge in [0, 0.05) is 23.7 Å². The number of nitrogens with zero attached hydrogens (tertiary/aromatic N) is 1. The van der Waals surface area contributed by atoms with Crippen LogP contribution in [0.1, 0.15) is 5.56 Å². The highest BCUT2D eigenvalue weighted by Gasteiger charge is 2.14. The van der Waals surface area contributed by atoms with E-state index >= 15 is 0 Å². The minimum Gasteiger partial charge on any atom is -0.494 e. The molecule has 2 heterocycles. The summed E-state index contributed by atoms with van der Waals surface area (Å²) in [4.78, 5) is 16.6. The number of amides is 1. The van der Waals surface area contributed by atoms with E-state index in [2.05, 4.69) is 15.6 Å². The number of aromatic nitrogens is 1. The fraction of sp³-hybridized carbons (Fsp3) is 0.160. The number of anilines is 1. The summed E-state index contributed by atoms with van der Waals surface area (Å²) >= 11 is 6.84. The molecular formula is C25H23N3O5S2. The Kier molecular flexibility index (Phi) is 7.64. The van der Waals surface area contributed by atoms with Gasteiger partial charge in [0.1, 0.15) is 17.2 Å². The average Bonchev–Trinajstić information content (AvgIpc) is 3.37. The maximum atomic E-state index is 12.2. The van der Waals surface area contributed by atoms with Gasteiger partial charge in [-0.2, -0.15) is 11.3 Å². The van der Waals surface area contributed by atoms with Crippen LogP contribution in [0.2, 0.25) is 0 Å². The number of hydrogen-bond acceptors (Lipinski definition) is 8. The quantitative estimate of drug-likeness (QED) is 0.315. The number of benzene rings is 2. The Morgan fingerprint density at radius 1 is 0.971 bits per heavy atom. The summed E-state index contributed by atoms with van der Waals surface area (Å²) in [6, 6.07) is 12.5. The van der Waals surface area contributed by atoms with E-state index in [1.54, 1.807) is 69.2 Å². The van der Waals surface area contributed by atoms with Crippen molar-refractivity contribution in [1.29, 1.82) is 0 Å². The first kappa shape index (κ1) is 24.2. The number of rotatable bonds is 8. The SMILES string of the molecule is COc1cc(Oc2ccnc3cc(OC)c(OC)cc23)ccc1NC(=S)NC(=O)Cc1ccsc1. The molecule has 0 aliphatic carbocycles. The van der Waals surface area contributed by atoms with Gasteiger partial charge in [-0.3, -0.25) is 9.78 Å². The van der Waals surface area contributed by atoms with Crippen molar-refractivity contribution in [1.82, 2.24) is 10.3 Å². The molecule has 35 heavy (non-hydrogen) atoms. The third kappa shape index (κ3) is 5.79. The highest BCUT2D eigenvalue weighted by Crippen LogP contribution is 2.38. The Labute approximate surface area is 211 Å². The molecule has 10 heteroatoms. The van der Waals surface area contributed by atoms with Crippen molar-refractivity contribution in [3.63, 3.8) is 0 Å². The predicted molar refractivity (Wildman–Crippen MR) is 140 cm³/mol. The van der Waals surface area contributed by atoms with E-state index in [1.807, 2.05) is 22.9 Å². The van der Waals surface area contributed by atoms with Gasteiger partial charge in [-0.25, -0.2) is 0 Å². The van der Waals surface area contributed by atoms with E-state index in [-0.39, 0.29) is 17.4 Å². The van der Waals surface area contributed by atoms with Crippen molar-refractivity contribution < 1.29 is 23.7 Å². The summed E-state index contributed by atoms with van der Waals surface area (Å²) in [7, 11) is 4.69. The summed E-state index contributed by atoms with van der Waals surface area (Å²) < 4.78 is 22.4. The number of hydrogen-bond donors (Lipinski definition) is 2. The second-order valence-corrected chi connectivity index (χ2v) is 8.50. The Bertz CT molecular complexity index is 1360. The molecule has 4 rings (SSSR count). The molecule has 0 radical (unpaired) electrons. The van der Waals surface area contributed by atoms with Crippen LogP contribution in [-0.4, -0.2) is 37.3 Å². The second kappa shape index (κ2) is 11.0. The Hall–Kier alpha value is -3.89. The van der Waals surface area contributed by atoms with Crippen molar-refractivity contribution in [3.05, 3.63) is 65.0 Å². The number of nitrogens with one attached hydrogen (secondary N) is 2. The first-order chi connectivity index (χ1) is 17.0. The first-order valence-corrected chi connectivity index (χ1v) is 11.8. The van der Waals surface area contributed by atoms with Gasteiger partial charge in [0.05, 0.1) is 39.0 Å². The van der Waals surface area contributed by atoms with Crippen LogP contribution < -0.4 is 29.6 Å². The van der Waals surface area contributed by atoms with Crippen LogP contribution in [0, 0.1) is 0 Å². The van der Waals surface area contributed by atoms with E-state index in [1.165, 1.54) is 0 Å². The maximum absolute atomic E-state index is 12.2. The second-order valence-electron chi connectivity index (χ2n) is 7.31. The highest BCUT2D eigenvalue weighted by atomic mass is 32.1. The molecule has 180 valence electrons. The van der Waals surface area contributed by atoms with Gasteiger partial charge in [-0.05, 0) is 58.9 Å². The molecule has 0 aliphatic heterocycles. The number of fused-ring (bicyclic) bond motifs is 1. The lowest BCUT2D eigenvalue weighted by atomic mass is 10.2. The topological polar surface area (TPSA) is 90.9 Å². The molecule has 1 amide bonds. The monoisotopic (exact) mass is 509 g/mol. The lowest BCUT2D eigenvalue weighted by Crippen LogP contribution is -2.35. The minimum absolute atomic E-state index is 0.179. The molecular weight excluding hydrogens is 486 g/mol. The summed E-state index contributed by atoms with van der Waals surface area (Å²) in [5, 5.41) is 10.5. The van der Waals surface area contributed by atoms with Crippen molar-refractivity contribution in [3.8, 4) is 28.7 Å². The van der Waals surface area contributed by atoms with Crippen LogP contribution in [0.25, 0.3) is 10.9 Å². The van der Waals surface area contributed by atoms with Gasteiger partial charge in [0.15, 0.2) is 16.6 Å². The van der Waals surface area contributed by atoms with Crippen LogP contribution in [0.3, 0.4) is 0 Å². The first-order valence-electron chi connectivity index (χ1n) is 10.5. The van der Waals surface area contributed by atoms with Crippen LogP contribution in [0.5, 0.6) is 28.7 Å². The zero-order valence-electron chi connectivity index (χ0n) is 19.3. The molecule has 0 atom stereocenters. The van der Waals surface area contributed by atoms with Crippen LogP contribution in [0.4, 0.5) is 5.69 Å². The molecule has 0 saturated carbocycles. The molecule has 4 aromatic rings. The Balaban J connectivity index is 1.50. The van der Waals surface area contributed by atoms with Crippen LogP contribution >= 0.6 is 23.6 Å². The molecule has 0 spiro atoms. The maximum Gasteiger partial charge on any atom is 0.230 e. The molecule has 0 saturated heterocycles. The number of thiophene rings is 1. The van der Waals surface area contributed by atoms with E-state index in [4.69, 9.17) is 31.2 Å². The Morgan fingerprint density at radius 2 is 1.74 bits per heavy atom. The summed E-state index contributed by atoms with van der Waals surface area (Å²) in [6.45, 7) is 0. The van der Waals surface area contributed by atoms with E-state index in [9.17, 15) is 4.79 Å². The Morgan fingerprint density at radius 3 is 2.46 bits per heavy atom. The molecule has 8 nitrogen and oxygen atoms in total. The standard InChI is InChI=1S/C25H23N3O5S2/c1-30-21-11-16(4-5-18(21)27-25(34)28-24(29)10-15-7-9-35-14-15)33-20-6-8-26-19-13-23(32-3)22(31-2)12-17(19)20/h4-9,11-14H,10H2,1-3H3,(H2,27,28,29,34). The fourth-order valence-corrected chi connectivity index (χ4v) is 4.30. The van der Waals surface area contributed by atoms with E-state index in [0.717, 1.165) is 10.9 Å². The molecule has 0 unspecified atom stereocenters. The smallest absolute Gasteiger partial charge is 0.230 e. The number of ether oxygens (including phenoxy) is 4. The van der Waals surface area contributed by atoms with E-state index < -0.39 is 0 Å². The van der Waals surface area contributed by atoms with Gasteiger partial charge in [-0.1, -0.05) is 0 Å². The predicted octanol–water partition coefficient (Wildman–Crippen LogP) is 5.17. The van der Waals surface area contributed by atoms with Gasteiger partial charge in [0.25, 0.3) is 0 Å². The number of thiocarbonyl (C=S) groups is 1. The molecule has 2 aromatic heterocycles. The summed E-state index contributed by atoms with van der Waals surface area (Å²) in [6.07, 6.45) is 1.92. The molecule has 0 fully saturated rings. The number of carbonyl (C=O) groups is 1. The largest absolute Gasteiger partial charge is 0.494 e. The molecule has 2 aromatic carbocycles. The van der Waals surface area contributed by atoms with Crippen molar-refractivity contribution in [2.24, 2.45) is 0 Å². The molecule has 0 aliphatic rings. The average molecular weight is 510 g/mol. The number of carbonyl (C=O) groups excluding carboxylic acids is 1. The summed E-state index contributed by atoms with van der Waals surface area (Å²) in [5.74, 6) is 2.59. The van der Waals surface area contributed by atoms with Crippen molar-refractivity contribution in [2.45, 2.75) is 6.42 Å². The van der Waals surface area contributed by atoms with Crippen molar-refractivity contribution in [2.75, 3.05) is 26.6 Å². The van der Waals surface area contributed by atoms with Gasteiger partial charge in [-0.15, -0.1) is 0 Å². The normalized spacial score (nSPS) is 10.5. The minimum atomic E-state index is -0.198. The summed E-state index contributed by atoms with van der Waals surface area (Å²) in [5.41, 5.74) is 2.23. The number of pyridine rings is 1.